The van der Waals surface area contributed by atoms with Gasteiger partial charge in [-0.25, -0.2) is 12.8 Å². The highest BCUT2D eigenvalue weighted by molar-refractivity contribution is 7.93. The predicted molar refractivity (Wildman–Crippen MR) is 77.6 cm³/mol. The third kappa shape index (κ3) is 2.53. The third-order valence-electron chi connectivity index (χ3n) is 3.02. The van der Waals surface area contributed by atoms with Gasteiger partial charge in [-0.15, -0.1) is 0 Å². The number of halogens is 1. The molecule has 0 aliphatic rings. The van der Waals surface area contributed by atoms with E-state index in [1.54, 1.807) is 12.1 Å². The number of para-hydroxylation sites is 2. The largest absolute Gasteiger partial charge is 0.395 e. The maximum atomic E-state index is 13.5. The molecule has 0 bridgehead atoms. The van der Waals surface area contributed by atoms with E-state index < -0.39 is 21.5 Å². The average molecular weight is 305 g/mol. The molecule has 0 spiro atoms. The van der Waals surface area contributed by atoms with Crippen molar-refractivity contribution in [3.05, 3.63) is 53.8 Å². The van der Waals surface area contributed by atoms with Gasteiger partial charge >= 0.3 is 0 Å². The quantitative estimate of drug-likeness (QED) is 0.880. The van der Waals surface area contributed by atoms with Gasteiger partial charge in [-0.2, -0.15) is 5.26 Å². The molecule has 0 aromatic heterocycles. The Morgan fingerprint density at radius 1 is 1.19 bits per heavy atom. The first-order valence-electron chi connectivity index (χ1n) is 5.91. The molecule has 2 N–H and O–H groups in total. The molecule has 2 rings (SSSR count). The normalized spacial score (nSPS) is 10.9. The van der Waals surface area contributed by atoms with Crippen LogP contribution in [0.1, 0.15) is 5.56 Å². The SMILES string of the molecule is CN(c1ccccc1C#N)S(=O)(=O)c1cccc(F)c1N. The molecule has 0 heterocycles. The zero-order chi connectivity index (χ0) is 15.6. The van der Waals surface area contributed by atoms with E-state index in [1.165, 1.54) is 31.3 Å². The van der Waals surface area contributed by atoms with Crippen LogP contribution in [0, 0.1) is 17.1 Å². The van der Waals surface area contributed by atoms with Crippen molar-refractivity contribution in [3.63, 3.8) is 0 Å². The molecule has 0 unspecified atom stereocenters. The molecule has 7 heteroatoms. The Balaban J connectivity index is 2.59. The fraction of sp³-hybridized carbons (Fsp3) is 0.0714. The maximum absolute atomic E-state index is 13.5. The molecule has 2 aromatic rings. The predicted octanol–water partition coefficient (Wildman–Crippen LogP) is 2.10. The molecule has 0 aliphatic heterocycles. The highest BCUT2D eigenvalue weighted by Crippen LogP contribution is 2.29. The van der Waals surface area contributed by atoms with Crippen molar-refractivity contribution < 1.29 is 12.8 Å². The molecule has 21 heavy (non-hydrogen) atoms. The monoisotopic (exact) mass is 305 g/mol. The third-order valence-corrected chi connectivity index (χ3v) is 4.84. The van der Waals surface area contributed by atoms with Gasteiger partial charge in [0, 0.05) is 7.05 Å². The van der Waals surface area contributed by atoms with Gasteiger partial charge in [-0.05, 0) is 24.3 Å². The number of rotatable bonds is 3. The Labute approximate surface area is 122 Å². The van der Waals surface area contributed by atoms with Crippen molar-refractivity contribution in [3.8, 4) is 6.07 Å². The Kier molecular flexibility index (Phi) is 3.82. The number of sulfonamides is 1. The molecular formula is C14H12FN3O2S. The Morgan fingerprint density at radius 2 is 1.86 bits per heavy atom. The first-order chi connectivity index (χ1) is 9.89. The number of nitrogens with zero attached hydrogens (tertiary/aromatic N) is 2. The van der Waals surface area contributed by atoms with Crippen molar-refractivity contribution in [2.24, 2.45) is 0 Å². The van der Waals surface area contributed by atoms with E-state index in [0.29, 0.717) is 0 Å². The molecule has 2 aromatic carbocycles. The van der Waals surface area contributed by atoms with Crippen molar-refractivity contribution >= 4 is 21.4 Å². The van der Waals surface area contributed by atoms with E-state index in [2.05, 4.69) is 0 Å². The topological polar surface area (TPSA) is 87.2 Å². The number of nitrogens with two attached hydrogens (primary N) is 1. The molecule has 0 aliphatic carbocycles. The summed E-state index contributed by atoms with van der Waals surface area (Å²) in [6.45, 7) is 0. The molecular weight excluding hydrogens is 293 g/mol. The van der Waals surface area contributed by atoms with Crippen LogP contribution in [0.2, 0.25) is 0 Å². The number of hydrogen-bond acceptors (Lipinski definition) is 4. The van der Waals surface area contributed by atoms with Gasteiger partial charge in [0.05, 0.1) is 16.9 Å². The van der Waals surface area contributed by atoms with Crippen molar-refractivity contribution in [1.82, 2.24) is 0 Å². The highest BCUT2D eigenvalue weighted by atomic mass is 32.2. The van der Waals surface area contributed by atoms with Crippen LogP contribution < -0.4 is 10.0 Å². The van der Waals surface area contributed by atoms with Crippen LogP contribution in [0.25, 0.3) is 0 Å². The minimum absolute atomic E-state index is 0.193. The lowest BCUT2D eigenvalue weighted by Crippen LogP contribution is -2.28. The van der Waals surface area contributed by atoms with Gasteiger partial charge in [-0.3, -0.25) is 4.31 Å². The van der Waals surface area contributed by atoms with E-state index in [0.717, 1.165) is 10.4 Å². The zero-order valence-corrected chi connectivity index (χ0v) is 11.9. The molecule has 0 saturated carbocycles. The van der Waals surface area contributed by atoms with Crippen LogP contribution in [0.4, 0.5) is 15.8 Å². The minimum atomic E-state index is -4.06. The van der Waals surface area contributed by atoms with Gasteiger partial charge < -0.3 is 5.73 Å². The van der Waals surface area contributed by atoms with Gasteiger partial charge in [-0.1, -0.05) is 18.2 Å². The summed E-state index contributed by atoms with van der Waals surface area (Å²) in [4.78, 5) is -0.335. The Morgan fingerprint density at radius 3 is 2.52 bits per heavy atom. The number of nitrogen functional groups attached to an aromatic ring is 1. The van der Waals surface area contributed by atoms with Crippen molar-refractivity contribution in [2.45, 2.75) is 4.90 Å². The first kappa shape index (κ1) is 14.8. The second kappa shape index (κ2) is 5.42. The molecule has 0 fully saturated rings. The standard InChI is InChI=1S/C14H12FN3O2S/c1-18(12-7-3-2-5-10(12)9-16)21(19,20)13-8-4-6-11(15)14(13)17/h2-8H,17H2,1H3. The van der Waals surface area contributed by atoms with Gasteiger partial charge in [0.1, 0.15) is 16.8 Å². The number of nitriles is 1. The first-order valence-corrected chi connectivity index (χ1v) is 7.35. The van der Waals surface area contributed by atoms with Gasteiger partial charge in [0.2, 0.25) is 0 Å². The van der Waals surface area contributed by atoms with E-state index in [-0.39, 0.29) is 16.1 Å². The molecule has 108 valence electrons. The lowest BCUT2D eigenvalue weighted by atomic mass is 10.2. The molecule has 0 amide bonds. The number of benzene rings is 2. The summed E-state index contributed by atoms with van der Waals surface area (Å²) >= 11 is 0. The molecule has 0 radical (unpaired) electrons. The van der Waals surface area contributed by atoms with E-state index in [4.69, 9.17) is 11.0 Å². The van der Waals surface area contributed by atoms with Crippen LogP contribution in [-0.4, -0.2) is 15.5 Å². The maximum Gasteiger partial charge on any atom is 0.266 e. The summed E-state index contributed by atoms with van der Waals surface area (Å²) < 4.78 is 39.5. The zero-order valence-electron chi connectivity index (χ0n) is 11.1. The Bertz CT molecular complexity index is 828. The lowest BCUT2D eigenvalue weighted by Gasteiger charge is -2.21. The second-order valence-corrected chi connectivity index (χ2v) is 6.19. The van der Waals surface area contributed by atoms with Crippen LogP contribution in [-0.2, 0) is 10.0 Å². The average Bonchev–Trinajstić information content (AvgIpc) is 2.49. The summed E-state index contributed by atoms with van der Waals surface area (Å²) in [6, 6.07) is 11.7. The number of anilines is 2. The van der Waals surface area contributed by atoms with Crippen molar-refractivity contribution in [1.29, 1.82) is 5.26 Å². The Hall–Kier alpha value is -2.59. The molecule has 0 atom stereocenters. The lowest BCUT2D eigenvalue weighted by molar-refractivity contribution is 0.591. The molecule has 0 saturated heterocycles. The fourth-order valence-electron chi connectivity index (χ4n) is 1.86. The van der Waals surface area contributed by atoms with E-state index >= 15 is 0 Å². The summed E-state index contributed by atoms with van der Waals surface area (Å²) in [7, 11) is -2.77. The van der Waals surface area contributed by atoms with Gasteiger partial charge in [0.25, 0.3) is 10.0 Å². The molecule has 5 nitrogen and oxygen atoms in total. The summed E-state index contributed by atoms with van der Waals surface area (Å²) in [5, 5.41) is 9.05. The smallest absolute Gasteiger partial charge is 0.266 e. The fourth-order valence-corrected chi connectivity index (χ4v) is 3.20. The summed E-state index contributed by atoms with van der Waals surface area (Å²) in [5.41, 5.74) is 5.45. The van der Waals surface area contributed by atoms with Crippen LogP contribution in [0.15, 0.2) is 47.4 Å². The van der Waals surface area contributed by atoms with Crippen molar-refractivity contribution in [2.75, 3.05) is 17.1 Å². The second-order valence-electron chi connectivity index (χ2n) is 4.25. The van der Waals surface area contributed by atoms with Gasteiger partial charge in [0.15, 0.2) is 0 Å². The van der Waals surface area contributed by atoms with Crippen LogP contribution >= 0.6 is 0 Å². The van der Waals surface area contributed by atoms with Crippen LogP contribution in [0.5, 0.6) is 0 Å². The minimum Gasteiger partial charge on any atom is -0.395 e. The van der Waals surface area contributed by atoms with E-state index in [1.807, 2.05) is 6.07 Å². The number of hydrogen-bond donors (Lipinski definition) is 1. The highest BCUT2D eigenvalue weighted by Gasteiger charge is 2.26. The summed E-state index contributed by atoms with van der Waals surface area (Å²) in [5.74, 6) is -0.807. The van der Waals surface area contributed by atoms with Crippen LogP contribution in [0.3, 0.4) is 0 Å². The summed E-state index contributed by atoms with van der Waals surface area (Å²) in [6.07, 6.45) is 0. The van der Waals surface area contributed by atoms with E-state index in [9.17, 15) is 12.8 Å².